The Kier molecular flexibility index (Phi) is 12.7. The minimum atomic E-state index is 0.294. The van der Waals surface area contributed by atoms with Gasteiger partial charge in [0.1, 0.15) is 0 Å². The molecule has 0 aliphatic carbocycles. The first-order valence-electron chi connectivity index (χ1n) is 7.50. The lowest BCUT2D eigenvalue weighted by Crippen LogP contribution is -2.28. The van der Waals surface area contributed by atoms with Crippen LogP contribution in [0.3, 0.4) is 0 Å². The molecule has 0 fully saturated rings. The topological polar surface area (TPSA) is 39.7 Å². The van der Waals surface area contributed by atoms with E-state index in [4.69, 9.17) is 14.2 Å². The van der Waals surface area contributed by atoms with Gasteiger partial charge in [-0.15, -0.1) is 0 Å². The molecule has 0 heterocycles. The summed E-state index contributed by atoms with van der Waals surface area (Å²) < 4.78 is 16.4. The Morgan fingerprint density at radius 3 is 1.89 bits per heavy atom. The highest BCUT2D eigenvalue weighted by Gasteiger charge is 2.15. The maximum Gasteiger partial charge on any atom is 0.0701 e. The maximum atomic E-state index is 5.57. The van der Waals surface area contributed by atoms with E-state index >= 15 is 0 Å². The van der Waals surface area contributed by atoms with E-state index in [1.54, 1.807) is 0 Å². The van der Waals surface area contributed by atoms with Crippen molar-refractivity contribution in [2.24, 2.45) is 5.41 Å². The van der Waals surface area contributed by atoms with Gasteiger partial charge in [-0.05, 0) is 25.3 Å². The summed E-state index contributed by atoms with van der Waals surface area (Å²) in [4.78, 5) is 0. The van der Waals surface area contributed by atoms with Crippen molar-refractivity contribution in [2.45, 2.75) is 40.0 Å². The smallest absolute Gasteiger partial charge is 0.0701 e. The Balaban J connectivity index is 3.14. The van der Waals surface area contributed by atoms with E-state index < -0.39 is 0 Å². The summed E-state index contributed by atoms with van der Waals surface area (Å²) in [6.07, 6.45) is 3.37. The molecule has 0 amide bonds. The van der Waals surface area contributed by atoms with Crippen molar-refractivity contribution in [2.75, 3.05) is 53.2 Å². The first-order chi connectivity index (χ1) is 9.12. The van der Waals surface area contributed by atoms with Gasteiger partial charge in [-0.2, -0.15) is 0 Å². The summed E-state index contributed by atoms with van der Waals surface area (Å²) in [7, 11) is 1.99. The zero-order chi connectivity index (χ0) is 14.4. The van der Waals surface area contributed by atoms with Crippen LogP contribution in [0, 0.1) is 5.41 Å². The van der Waals surface area contributed by atoms with Crippen molar-refractivity contribution in [3.63, 3.8) is 0 Å². The van der Waals surface area contributed by atoms with E-state index in [9.17, 15) is 0 Å². The molecule has 4 heteroatoms. The van der Waals surface area contributed by atoms with Crippen LogP contribution in [0.15, 0.2) is 0 Å². The molecule has 0 saturated heterocycles. The molecule has 0 aliphatic heterocycles. The number of unbranched alkanes of at least 4 members (excludes halogenated alkanes) is 1. The summed E-state index contributed by atoms with van der Waals surface area (Å²) in [5.74, 6) is 0. The molecule has 116 valence electrons. The van der Waals surface area contributed by atoms with Crippen LogP contribution in [0.25, 0.3) is 0 Å². The molecule has 0 rings (SSSR count). The second-order valence-corrected chi connectivity index (χ2v) is 5.64. The van der Waals surface area contributed by atoms with Gasteiger partial charge in [0, 0.05) is 19.8 Å². The number of ether oxygens (including phenoxy) is 3. The van der Waals surface area contributed by atoms with Gasteiger partial charge in [-0.1, -0.05) is 27.2 Å². The second kappa shape index (κ2) is 12.9. The molecular weight excluding hydrogens is 242 g/mol. The van der Waals surface area contributed by atoms with Crippen LogP contribution in [0.5, 0.6) is 0 Å². The zero-order valence-electron chi connectivity index (χ0n) is 13.3. The highest BCUT2D eigenvalue weighted by atomic mass is 16.5. The third-order valence-corrected chi connectivity index (χ3v) is 2.96. The number of hydrogen-bond acceptors (Lipinski definition) is 4. The van der Waals surface area contributed by atoms with E-state index in [1.807, 2.05) is 7.05 Å². The quantitative estimate of drug-likeness (QED) is 0.494. The van der Waals surface area contributed by atoms with Gasteiger partial charge in [0.05, 0.1) is 26.4 Å². The lowest BCUT2D eigenvalue weighted by molar-refractivity contribution is 0.00942. The normalized spacial score (nSPS) is 12.0. The average molecular weight is 275 g/mol. The predicted octanol–water partition coefficient (Wildman–Crippen LogP) is 2.47. The summed E-state index contributed by atoms with van der Waals surface area (Å²) >= 11 is 0. The minimum Gasteiger partial charge on any atom is -0.379 e. The van der Waals surface area contributed by atoms with Crippen LogP contribution in [-0.2, 0) is 14.2 Å². The summed E-state index contributed by atoms with van der Waals surface area (Å²) in [5.41, 5.74) is 0.294. The van der Waals surface area contributed by atoms with E-state index in [0.29, 0.717) is 31.8 Å². The van der Waals surface area contributed by atoms with Gasteiger partial charge in [0.25, 0.3) is 0 Å². The van der Waals surface area contributed by atoms with Crippen molar-refractivity contribution in [3.05, 3.63) is 0 Å². The minimum absolute atomic E-state index is 0.294. The van der Waals surface area contributed by atoms with Gasteiger partial charge >= 0.3 is 0 Å². The van der Waals surface area contributed by atoms with E-state index in [2.05, 4.69) is 26.1 Å². The Hall–Kier alpha value is -0.160. The highest BCUT2D eigenvalue weighted by Crippen LogP contribution is 2.18. The van der Waals surface area contributed by atoms with Gasteiger partial charge in [0.15, 0.2) is 0 Å². The van der Waals surface area contributed by atoms with Crippen LogP contribution in [0.4, 0.5) is 0 Å². The molecule has 0 aromatic rings. The number of rotatable bonds is 14. The third kappa shape index (κ3) is 14.1. The molecule has 1 N–H and O–H groups in total. The molecule has 0 bridgehead atoms. The molecule has 0 aliphatic rings. The molecular formula is C15H33NO3. The Bertz CT molecular complexity index is 186. The van der Waals surface area contributed by atoms with E-state index in [0.717, 1.165) is 32.6 Å². The van der Waals surface area contributed by atoms with Crippen molar-refractivity contribution in [3.8, 4) is 0 Å². The molecule has 19 heavy (non-hydrogen) atoms. The van der Waals surface area contributed by atoms with Crippen molar-refractivity contribution in [1.82, 2.24) is 5.32 Å². The fourth-order valence-electron chi connectivity index (χ4n) is 1.70. The zero-order valence-corrected chi connectivity index (χ0v) is 13.3. The largest absolute Gasteiger partial charge is 0.379 e. The van der Waals surface area contributed by atoms with Crippen molar-refractivity contribution >= 4 is 0 Å². The summed E-state index contributed by atoms with van der Waals surface area (Å²) in [6.45, 7) is 12.0. The molecule has 0 radical (unpaired) electrons. The van der Waals surface area contributed by atoms with Crippen LogP contribution >= 0.6 is 0 Å². The third-order valence-electron chi connectivity index (χ3n) is 2.96. The molecule has 0 aromatic heterocycles. The molecule has 0 atom stereocenters. The van der Waals surface area contributed by atoms with Crippen LogP contribution in [0.1, 0.15) is 40.0 Å². The van der Waals surface area contributed by atoms with Crippen LogP contribution in [-0.4, -0.2) is 53.2 Å². The van der Waals surface area contributed by atoms with Gasteiger partial charge < -0.3 is 19.5 Å². The Morgan fingerprint density at radius 1 is 0.842 bits per heavy atom. The molecule has 0 saturated carbocycles. The molecule has 4 nitrogen and oxygen atoms in total. The monoisotopic (exact) mass is 275 g/mol. The number of hydrogen-bond donors (Lipinski definition) is 1. The lowest BCUT2D eigenvalue weighted by atomic mass is 9.90. The van der Waals surface area contributed by atoms with E-state index in [1.165, 1.54) is 6.42 Å². The number of nitrogens with one attached hydrogen (secondary N) is 1. The fourth-order valence-corrected chi connectivity index (χ4v) is 1.70. The van der Waals surface area contributed by atoms with Gasteiger partial charge in [-0.3, -0.25) is 0 Å². The van der Waals surface area contributed by atoms with Gasteiger partial charge in [-0.25, -0.2) is 0 Å². The Morgan fingerprint density at radius 2 is 1.37 bits per heavy atom. The van der Waals surface area contributed by atoms with Crippen LogP contribution < -0.4 is 5.32 Å². The highest BCUT2D eigenvalue weighted by molar-refractivity contribution is 4.69. The molecule has 0 spiro atoms. The van der Waals surface area contributed by atoms with Crippen molar-refractivity contribution < 1.29 is 14.2 Å². The standard InChI is InChI=1S/C15H33NO3/c1-5-6-8-17-10-12-19-13-11-18-9-7-15(2,3)14-16-4/h16H,5-14H2,1-4H3. The Labute approximate surface area is 119 Å². The first kappa shape index (κ1) is 18.8. The average Bonchev–Trinajstić information content (AvgIpc) is 2.36. The fraction of sp³-hybridized carbons (Fsp3) is 1.00. The predicted molar refractivity (Wildman–Crippen MR) is 79.7 cm³/mol. The summed E-state index contributed by atoms with van der Waals surface area (Å²) in [5, 5.41) is 3.20. The van der Waals surface area contributed by atoms with Gasteiger partial charge in [0.2, 0.25) is 0 Å². The molecule has 0 unspecified atom stereocenters. The SMILES string of the molecule is CCCCOCCOCCOCCC(C)(C)CNC. The summed E-state index contributed by atoms with van der Waals surface area (Å²) in [6, 6.07) is 0. The second-order valence-electron chi connectivity index (χ2n) is 5.64. The first-order valence-corrected chi connectivity index (χ1v) is 7.50. The van der Waals surface area contributed by atoms with Crippen molar-refractivity contribution in [1.29, 1.82) is 0 Å². The van der Waals surface area contributed by atoms with E-state index in [-0.39, 0.29) is 0 Å². The maximum absolute atomic E-state index is 5.57. The van der Waals surface area contributed by atoms with Crippen LogP contribution in [0.2, 0.25) is 0 Å². The molecule has 0 aromatic carbocycles. The lowest BCUT2D eigenvalue weighted by Gasteiger charge is -2.23.